The monoisotopic (exact) mass is 299 g/mol. The molecule has 3 rings (SSSR count). The Morgan fingerprint density at radius 2 is 2.14 bits per heavy atom. The van der Waals surface area contributed by atoms with Crippen molar-refractivity contribution < 1.29 is 9.90 Å². The van der Waals surface area contributed by atoms with Gasteiger partial charge in [0.05, 0.1) is 26.1 Å². The molecular weight excluding hydrogens is 286 g/mol. The van der Waals surface area contributed by atoms with Gasteiger partial charge in [0, 0.05) is 12.1 Å². The molecule has 0 unspecified atom stereocenters. The minimum atomic E-state index is -0.839. The molecule has 0 aromatic heterocycles. The first-order valence-corrected chi connectivity index (χ1v) is 7.24. The average Bonchev–Trinajstić information content (AvgIpc) is 2.42. The molecular formula is C15H13N3O2S. The maximum atomic E-state index is 10.8. The van der Waals surface area contributed by atoms with Crippen molar-refractivity contribution in [2.24, 2.45) is 0 Å². The van der Waals surface area contributed by atoms with Gasteiger partial charge in [0.25, 0.3) is 0 Å². The van der Waals surface area contributed by atoms with E-state index in [1.54, 1.807) is 18.2 Å². The predicted octanol–water partition coefficient (Wildman–Crippen LogP) is 2.48. The van der Waals surface area contributed by atoms with E-state index in [1.807, 2.05) is 12.1 Å². The first-order valence-electron chi connectivity index (χ1n) is 6.42. The molecule has 4 N–H and O–H groups in total. The van der Waals surface area contributed by atoms with Crippen LogP contribution in [-0.2, 0) is 11.2 Å². The van der Waals surface area contributed by atoms with Crippen LogP contribution >= 0.6 is 11.3 Å². The van der Waals surface area contributed by atoms with Crippen molar-refractivity contribution in [3.05, 3.63) is 41.3 Å². The molecule has 1 aliphatic heterocycles. The molecule has 21 heavy (non-hydrogen) atoms. The minimum absolute atomic E-state index is 0.0502. The summed E-state index contributed by atoms with van der Waals surface area (Å²) in [4.78, 5) is 16.3. The number of carboxylic acid groups (broad SMARTS) is 1. The second-order valence-electron chi connectivity index (χ2n) is 4.82. The van der Waals surface area contributed by atoms with Crippen molar-refractivity contribution in [1.82, 2.24) is 4.98 Å². The molecule has 2 aliphatic rings. The first kappa shape index (κ1) is 13.5. The van der Waals surface area contributed by atoms with Crippen molar-refractivity contribution >= 4 is 33.2 Å². The van der Waals surface area contributed by atoms with Gasteiger partial charge in [0.1, 0.15) is 0 Å². The molecule has 0 atom stereocenters. The van der Waals surface area contributed by atoms with Gasteiger partial charge >= 0.3 is 5.97 Å². The number of benzene rings is 2. The molecule has 106 valence electrons. The third-order valence-electron chi connectivity index (χ3n) is 3.20. The number of carbonyl (C=O) groups is 1. The maximum Gasteiger partial charge on any atom is 0.303 e. The molecule has 1 heterocycles. The lowest BCUT2D eigenvalue weighted by Gasteiger charge is -2.10. The van der Waals surface area contributed by atoms with Gasteiger partial charge in [-0.25, -0.2) is 4.98 Å². The van der Waals surface area contributed by atoms with Gasteiger partial charge in [-0.15, -0.1) is 11.3 Å². The van der Waals surface area contributed by atoms with Crippen molar-refractivity contribution in [3.63, 3.8) is 0 Å². The number of aromatic nitrogens is 1. The third-order valence-corrected chi connectivity index (χ3v) is 4.27. The van der Waals surface area contributed by atoms with E-state index >= 15 is 0 Å². The molecule has 0 amide bonds. The summed E-state index contributed by atoms with van der Waals surface area (Å²) < 4.78 is 0.911. The van der Waals surface area contributed by atoms with Crippen LogP contribution in [0, 0.1) is 5.41 Å². The van der Waals surface area contributed by atoms with Crippen LogP contribution in [0.5, 0.6) is 0 Å². The van der Waals surface area contributed by atoms with E-state index in [0.29, 0.717) is 17.5 Å². The van der Waals surface area contributed by atoms with E-state index in [2.05, 4.69) is 4.98 Å². The van der Waals surface area contributed by atoms with Crippen LogP contribution in [0.2, 0.25) is 0 Å². The molecule has 5 nitrogen and oxygen atoms in total. The molecule has 0 fully saturated rings. The SMILES string of the molecule is N=c1ccc2nc3c(CCC(=O)O)cc(N)cc3sc-2c1. The smallest absolute Gasteiger partial charge is 0.303 e. The number of rotatable bonds is 3. The van der Waals surface area contributed by atoms with E-state index < -0.39 is 5.97 Å². The number of nitrogen functional groups attached to an aromatic ring is 1. The van der Waals surface area contributed by atoms with Crippen molar-refractivity contribution in [2.45, 2.75) is 12.8 Å². The Labute approximate surface area is 124 Å². The number of nitrogens with zero attached hydrogens (tertiary/aromatic N) is 1. The summed E-state index contributed by atoms with van der Waals surface area (Å²) in [6, 6.07) is 8.91. The molecule has 1 aliphatic carbocycles. The van der Waals surface area contributed by atoms with Gasteiger partial charge < -0.3 is 16.2 Å². The normalized spacial score (nSPS) is 11.0. The highest BCUT2D eigenvalue weighted by molar-refractivity contribution is 7.21. The summed E-state index contributed by atoms with van der Waals surface area (Å²) in [5.74, 6) is -0.839. The standard InChI is InChI=1S/C15H13N3O2S/c16-9-2-3-11-12(6-9)21-13-7-10(17)5-8(15(13)18-11)1-4-14(19)20/h2-3,5-7,16H,1,4,17H2,(H,19,20). The van der Waals surface area contributed by atoms with Crippen molar-refractivity contribution in [3.8, 4) is 10.6 Å². The quantitative estimate of drug-likeness (QED) is 0.511. The summed E-state index contributed by atoms with van der Waals surface area (Å²) in [5.41, 5.74) is 8.95. The number of anilines is 1. The van der Waals surface area contributed by atoms with E-state index in [4.69, 9.17) is 16.2 Å². The average molecular weight is 299 g/mol. The molecule has 1 aromatic carbocycles. The second kappa shape index (κ2) is 5.14. The molecule has 0 radical (unpaired) electrons. The molecule has 0 spiro atoms. The lowest BCUT2D eigenvalue weighted by Crippen LogP contribution is -2.02. The Morgan fingerprint density at radius 3 is 2.90 bits per heavy atom. The Bertz CT molecular complexity index is 873. The number of aryl methyl sites for hydroxylation is 1. The van der Waals surface area contributed by atoms with E-state index in [0.717, 1.165) is 26.4 Å². The number of carboxylic acids is 1. The van der Waals surface area contributed by atoms with Crippen LogP contribution in [0.1, 0.15) is 12.0 Å². The van der Waals surface area contributed by atoms with Crippen LogP contribution in [0.3, 0.4) is 0 Å². The van der Waals surface area contributed by atoms with Crippen molar-refractivity contribution in [1.29, 1.82) is 5.41 Å². The third kappa shape index (κ3) is 2.71. The van der Waals surface area contributed by atoms with Gasteiger partial charge in [-0.1, -0.05) is 0 Å². The fourth-order valence-corrected chi connectivity index (χ4v) is 3.36. The van der Waals surface area contributed by atoms with Gasteiger partial charge in [-0.3, -0.25) is 4.79 Å². The van der Waals surface area contributed by atoms with Crippen LogP contribution in [0.4, 0.5) is 5.69 Å². The Morgan fingerprint density at radius 1 is 1.33 bits per heavy atom. The summed E-state index contributed by atoms with van der Waals surface area (Å²) >= 11 is 1.52. The summed E-state index contributed by atoms with van der Waals surface area (Å²) in [5, 5.41) is 17.0. The minimum Gasteiger partial charge on any atom is -0.481 e. The fourth-order valence-electron chi connectivity index (χ4n) is 2.25. The molecule has 0 saturated heterocycles. The number of hydrogen-bond acceptors (Lipinski definition) is 5. The zero-order valence-electron chi connectivity index (χ0n) is 11.1. The fraction of sp³-hybridized carbons (Fsp3) is 0.133. The number of nitrogens with two attached hydrogens (primary N) is 1. The Kier molecular flexibility index (Phi) is 3.31. The number of fused-ring (bicyclic) bond motifs is 2. The van der Waals surface area contributed by atoms with Crippen LogP contribution in [0.15, 0.2) is 30.3 Å². The predicted molar refractivity (Wildman–Crippen MR) is 82.5 cm³/mol. The maximum absolute atomic E-state index is 10.8. The van der Waals surface area contributed by atoms with E-state index in [9.17, 15) is 4.79 Å². The van der Waals surface area contributed by atoms with Crippen LogP contribution < -0.4 is 11.1 Å². The van der Waals surface area contributed by atoms with E-state index in [-0.39, 0.29) is 6.42 Å². The van der Waals surface area contributed by atoms with Gasteiger partial charge in [-0.05, 0) is 42.3 Å². The van der Waals surface area contributed by atoms with Crippen molar-refractivity contribution in [2.75, 3.05) is 5.73 Å². The zero-order chi connectivity index (χ0) is 15.0. The molecule has 1 aromatic rings. The number of nitrogens with one attached hydrogen (secondary N) is 1. The summed E-state index contributed by atoms with van der Waals surface area (Å²) in [6.45, 7) is 0. The summed E-state index contributed by atoms with van der Waals surface area (Å²) in [7, 11) is 0. The highest BCUT2D eigenvalue weighted by atomic mass is 32.1. The lowest BCUT2D eigenvalue weighted by atomic mass is 10.1. The van der Waals surface area contributed by atoms with E-state index in [1.165, 1.54) is 11.3 Å². The number of aliphatic carboxylic acids is 1. The van der Waals surface area contributed by atoms with Gasteiger partial charge in [0.2, 0.25) is 0 Å². The number of hydrogen-bond donors (Lipinski definition) is 3. The van der Waals surface area contributed by atoms with Crippen LogP contribution in [0.25, 0.3) is 20.8 Å². The van der Waals surface area contributed by atoms with Gasteiger partial charge in [0.15, 0.2) is 0 Å². The summed E-state index contributed by atoms with van der Waals surface area (Å²) in [6.07, 6.45) is 0.452. The second-order valence-corrected chi connectivity index (χ2v) is 5.90. The Balaban J connectivity index is 2.24. The molecule has 0 saturated carbocycles. The first-order chi connectivity index (χ1) is 10.0. The zero-order valence-corrected chi connectivity index (χ0v) is 11.9. The molecule has 0 bridgehead atoms. The van der Waals surface area contributed by atoms with Gasteiger partial charge in [-0.2, -0.15) is 0 Å². The van der Waals surface area contributed by atoms with Crippen LogP contribution in [-0.4, -0.2) is 16.1 Å². The molecule has 6 heteroatoms. The highest BCUT2D eigenvalue weighted by Crippen LogP contribution is 2.32. The highest BCUT2D eigenvalue weighted by Gasteiger charge is 2.12. The topological polar surface area (TPSA) is 100 Å². The lowest BCUT2D eigenvalue weighted by molar-refractivity contribution is -0.136. The Hall–Kier alpha value is -2.47. The largest absolute Gasteiger partial charge is 0.481 e.